The minimum absolute atomic E-state index is 0.370. The molecule has 2 fully saturated rings. The van der Waals surface area contributed by atoms with E-state index in [-0.39, 0.29) is 5.41 Å². The summed E-state index contributed by atoms with van der Waals surface area (Å²) in [4.78, 5) is 0. The average Bonchev–Trinajstić information content (AvgIpc) is 3.09. The predicted octanol–water partition coefficient (Wildman–Crippen LogP) is 3.73. The van der Waals surface area contributed by atoms with E-state index in [9.17, 15) is 13.2 Å². The lowest BCUT2D eigenvalue weighted by Gasteiger charge is -2.35. The van der Waals surface area contributed by atoms with Gasteiger partial charge in [-0.15, -0.1) is 0 Å². The molecular formula is C20H29F3N2O. The van der Waals surface area contributed by atoms with Crippen LogP contribution < -0.4 is 10.6 Å². The monoisotopic (exact) mass is 370 g/mol. The largest absolute Gasteiger partial charge is 0.416 e. The molecule has 1 aromatic carbocycles. The molecule has 146 valence electrons. The molecule has 2 N–H and O–H groups in total. The Morgan fingerprint density at radius 1 is 1.19 bits per heavy atom. The van der Waals surface area contributed by atoms with Gasteiger partial charge in [0.2, 0.25) is 0 Å². The highest BCUT2D eigenvalue weighted by Crippen LogP contribution is 2.34. The normalized spacial score (nSPS) is 27.7. The molecule has 3 rings (SSSR count). The standard InChI is InChI=1S/C20H29F3N2O/c1-19(2,14-5-3-6-15(11-14)20(21,22)23)13-25-17-8-4-7-16(17)18-12-26-10-9-24-18/h3,5-6,11,16-18,24-25H,4,7-10,12-13H2,1-2H3. The molecule has 2 aliphatic rings. The van der Waals surface area contributed by atoms with Crippen LogP contribution in [0.3, 0.4) is 0 Å². The third-order valence-corrected chi connectivity index (χ3v) is 5.81. The Hall–Kier alpha value is -1.11. The van der Waals surface area contributed by atoms with Gasteiger partial charge in [-0.2, -0.15) is 13.2 Å². The Balaban J connectivity index is 1.64. The van der Waals surface area contributed by atoms with Crippen molar-refractivity contribution < 1.29 is 17.9 Å². The van der Waals surface area contributed by atoms with Crippen molar-refractivity contribution in [1.82, 2.24) is 10.6 Å². The van der Waals surface area contributed by atoms with Gasteiger partial charge in [0.05, 0.1) is 18.8 Å². The second-order valence-electron chi connectivity index (χ2n) is 8.18. The Bertz CT molecular complexity index is 597. The van der Waals surface area contributed by atoms with Crippen LogP contribution in [0.5, 0.6) is 0 Å². The molecule has 0 aromatic heterocycles. The van der Waals surface area contributed by atoms with Crippen molar-refractivity contribution in [2.45, 2.75) is 56.8 Å². The van der Waals surface area contributed by atoms with Crippen molar-refractivity contribution in [2.75, 3.05) is 26.3 Å². The molecule has 1 aromatic rings. The van der Waals surface area contributed by atoms with E-state index in [1.165, 1.54) is 25.0 Å². The molecule has 6 heteroatoms. The first-order valence-corrected chi connectivity index (χ1v) is 9.50. The molecule has 3 atom stereocenters. The smallest absolute Gasteiger partial charge is 0.379 e. The van der Waals surface area contributed by atoms with Gasteiger partial charge >= 0.3 is 6.18 Å². The van der Waals surface area contributed by atoms with Crippen molar-refractivity contribution in [3.05, 3.63) is 35.4 Å². The second-order valence-corrected chi connectivity index (χ2v) is 8.18. The maximum absolute atomic E-state index is 13.0. The molecule has 1 saturated heterocycles. The Morgan fingerprint density at radius 2 is 1.96 bits per heavy atom. The number of hydrogen-bond acceptors (Lipinski definition) is 3. The SMILES string of the molecule is CC(C)(CNC1CCCC1C1COCCN1)c1cccc(C(F)(F)F)c1. The minimum Gasteiger partial charge on any atom is -0.379 e. The summed E-state index contributed by atoms with van der Waals surface area (Å²) < 4.78 is 44.6. The summed E-state index contributed by atoms with van der Waals surface area (Å²) >= 11 is 0. The fourth-order valence-corrected chi connectivity index (χ4v) is 4.19. The summed E-state index contributed by atoms with van der Waals surface area (Å²) in [6, 6.07) is 6.47. The van der Waals surface area contributed by atoms with Crippen molar-refractivity contribution in [2.24, 2.45) is 5.92 Å². The van der Waals surface area contributed by atoms with Crippen molar-refractivity contribution in [1.29, 1.82) is 0 Å². The van der Waals surface area contributed by atoms with Gasteiger partial charge in [0.1, 0.15) is 0 Å². The van der Waals surface area contributed by atoms with Crippen molar-refractivity contribution in [3.8, 4) is 0 Å². The highest BCUT2D eigenvalue weighted by atomic mass is 19.4. The summed E-state index contributed by atoms with van der Waals surface area (Å²) in [5, 5.41) is 7.20. The van der Waals surface area contributed by atoms with Gasteiger partial charge in [-0.25, -0.2) is 0 Å². The van der Waals surface area contributed by atoms with Crippen LogP contribution in [-0.2, 0) is 16.3 Å². The molecule has 3 nitrogen and oxygen atoms in total. The van der Waals surface area contributed by atoms with E-state index in [0.29, 0.717) is 30.1 Å². The van der Waals surface area contributed by atoms with Gasteiger partial charge in [-0.05, 0) is 30.4 Å². The van der Waals surface area contributed by atoms with Crippen LogP contribution in [0.2, 0.25) is 0 Å². The fourth-order valence-electron chi connectivity index (χ4n) is 4.19. The summed E-state index contributed by atoms with van der Waals surface area (Å²) in [7, 11) is 0. The topological polar surface area (TPSA) is 33.3 Å². The third-order valence-electron chi connectivity index (χ3n) is 5.81. The van der Waals surface area contributed by atoms with Crippen LogP contribution in [0, 0.1) is 5.92 Å². The summed E-state index contributed by atoms with van der Waals surface area (Å²) in [6.45, 7) is 7.07. The highest BCUT2D eigenvalue weighted by molar-refractivity contribution is 5.31. The summed E-state index contributed by atoms with van der Waals surface area (Å²) in [5.74, 6) is 0.521. The number of morpholine rings is 1. The van der Waals surface area contributed by atoms with E-state index < -0.39 is 11.7 Å². The molecule has 3 unspecified atom stereocenters. The fraction of sp³-hybridized carbons (Fsp3) is 0.700. The molecule has 1 saturated carbocycles. The zero-order valence-corrected chi connectivity index (χ0v) is 15.5. The highest BCUT2D eigenvalue weighted by Gasteiger charge is 2.36. The van der Waals surface area contributed by atoms with Crippen molar-refractivity contribution in [3.63, 3.8) is 0 Å². The molecule has 1 aliphatic heterocycles. The molecule has 0 spiro atoms. The first-order chi connectivity index (χ1) is 12.3. The van der Waals surface area contributed by atoms with Crippen LogP contribution in [0.1, 0.15) is 44.2 Å². The third kappa shape index (κ3) is 4.59. The van der Waals surface area contributed by atoms with E-state index in [0.717, 1.165) is 32.2 Å². The quantitative estimate of drug-likeness (QED) is 0.829. The molecule has 0 bridgehead atoms. The first kappa shape index (κ1) is 19.6. The summed E-state index contributed by atoms with van der Waals surface area (Å²) in [5.41, 5.74) is -0.232. The molecule has 0 radical (unpaired) electrons. The Labute approximate surface area is 153 Å². The van der Waals surface area contributed by atoms with E-state index in [1.807, 2.05) is 13.8 Å². The molecule has 26 heavy (non-hydrogen) atoms. The van der Waals surface area contributed by atoms with Gasteiger partial charge < -0.3 is 15.4 Å². The Kier molecular flexibility index (Phi) is 5.94. The first-order valence-electron chi connectivity index (χ1n) is 9.50. The maximum atomic E-state index is 13.0. The van der Waals surface area contributed by atoms with Crippen LogP contribution in [0.15, 0.2) is 24.3 Å². The van der Waals surface area contributed by atoms with Gasteiger partial charge in [-0.3, -0.25) is 0 Å². The molecule has 1 heterocycles. The van der Waals surface area contributed by atoms with Crippen molar-refractivity contribution >= 4 is 0 Å². The molecule has 0 amide bonds. The number of ether oxygens (including phenoxy) is 1. The van der Waals surface area contributed by atoms with Gasteiger partial charge in [0, 0.05) is 30.6 Å². The molecule has 1 aliphatic carbocycles. The zero-order valence-electron chi connectivity index (χ0n) is 15.5. The van der Waals surface area contributed by atoms with E-state index in [1.54, 1.807) is 6.07 Å². The summed E-state index contributed by atoms with van der Waals surface area (Å²) in [6.07, 6.45) is -0.836. The number of hydrogen-bond donors (Lipinski definition) is 2. The average molecular weight is 370 g/mol. The maximum Gasteiger partial charge on any atom is 0.416 e. The molecular weight excluding hydrogens is 341 g/mol. The van der Waals surface area contributed by atoms with Crippen LogP contribution in [-0.4, -0.2) is 38.4 Å². The second kappa shape index (κ2) is 7.87. The van der Waals surface area contributed by atoms with E-state index >= 15 is 0 Å². The van der Waals surface area contributed by atoms with Crippen LogP contribution in [0.25, 0.3) is 0 Å². The number of rotatable bonds is 5. The van der Waals surface area contributed by atoms with Crippen LogP contribution >= 0.6 is 0 Å². The van der Waals surface area contributed by atoms with E-state index in [2.05, 4.69) is 10.6 Å². The lowest BCUT2D eigenvalue weighted by atomic mass is 9.83. The minimum atomic E-state index is -4.30. The number of halogens is 3. The zero-order chi connectivity index (χ0) is 18.8. The number of nitrogens with one attached hydrogen (secondary N) is 2. The predicted molar refractivity (Wildman–Crippen MR) is 96.2 cm³/mol. The van der Waals surface area contributed by atoms with E-state index in [4.69, 9.17) is 4.74 Å². The lowest BCUT2D eigenvalue weighted by molar-refractivity contribution is -0.137. The lowest BCUT2D eigenvalue weighted by Crippen LogP contribution is -2.52. The number of alkyl halides is 3. The number of benzene rings is 1. The van der Waals surface area contributed by atoms with Gasteiger partial charge in [-0.1, -0.05) is 38.5 Å². The van der Waals surface area contributed by atoms with Gasteiger partial charge in [0.25, 0.3) is 0 Å². The van der Waals surface area contributed by atoms with Crippen LogP contribution in [0.4, 0.5) is 13.2 Å². The Morgan fingerprint density at radius 3 is 2.65 bits per heavy atom. The van der Waals surface area contributed by atoms with Gasteiger partial charge in [0.15, 0.2) is 0 Å².